The SMILES string of the molecule is Brc1ccc(C(N=C2CCCCCN2)c2ccccc2)cc1.Cl. The minimum Gasteiger partial charge on any atom is -0.374 e. The van der Waals surface area contributed by atoms with Gasteiger partial charge in [-0.2, -0.15) is 0 Å². The lowest BCUT2D eigenvalue weighted by molar-refractivity contribution is 0.721. The van der Waals surface area contributed by atoms with E-state index in [4.69, 9.17) is 4.99 Å². The molecule has 122 valence electrons. The number of rotatable bonds is 3. The van der Waals surface area contributed by atoms with E-state index in [2.05, 4.69) is 75.8 Å². The van der Waals surface area contributed by atoms with Gasteiger partial charge >= 0.3 is 0 Å². The van der Waals surface area contributed by atoms with E-state index in [1.165, 1.54) is 30.4 Å². The Hall–Kier alpha value is -1.32. The summed E-state index contributed by atoms with van der Waals surface area (Å²) in [4.78, 5) is 5.06. The Bertz CT molecular complexity index is 616. The lowest BCUT2D eigenvalue weighted by Gasteiger charge is -2.16. The molecule has 0 aromatic heterocycles. The summed E-state index contributed by atoms with van der Waals surface area (Å²) in [6.45, 7) is 1.04. The van der Waals surface area contributed by atoms with E-state index < -0.39 is 0 Å². The summed E-state index contributed by atoms with van der Waals surface area (Å²) in [6, 6.07) is 19.1. The van der Waals surface area contributed by atoms with Gasteiger partial charge in [0.15, 0.2) is 0 Å². The van der Waals surface area contributed by atoms with Crippen LogP contribution in [-0.4, -0.2) is 12.4 Å². The highest BCUT2D eigenvalue weighted by Crippen LogP contribution is 2.28. The summed E-state index contributed by atoms with van der Waals surface area (Å²) in [5.74, 6) is 1.15. The molecule has 0 aliphatic carbocycles. The van der Waals surface area contributed by atoms with Crippen LogP contribution in [0.1, 0.15) is 42.9 Å². The summed E-state index contributed by atoms with van der Waals surface area (Å²) in [7, 11) is 0. The van der Waals surface area contributed by atoms with E-state index in [0.717, 1.165) is 23.3 Å². The van der Waals surface area contributed by atoms with Gasteiger partial charge in [0.05, 0.1) is 5.84 Å². The van der Waals surface area contributed by atoms with Crippen LogP contribution < -0.4 is 5.32 Å². The molecule has 2 nitrogen and oxygen atoms in total. The number of aliphatic imine (C=N–C) groups is 1. The third-order valence-electron chi connectivity index (χ3n) is 4.01. The second-order valence-corrected chi connectivity index (χ2v) is 6.59. The average Bonchev–Trinajstić information content (AvgIpc) is 2.83. The van der Waals surface area contributed by atoms with Crippen molar-refractivity contribution in [3.8, 4) is 0 Å². The van der Waals surface area contributed by atoms with Crippen molar-refractivity contribution in [1.82, 2.24) is 5.32 Å². The van der Waals surface area contributed by atoms with Gasteiger partial charge in [-0.15, -0.1) is 12.4 Å². The van der Waals surface area contributed by atoms with Crippen molar-refractivity contribution in [3.05, 3.63) is 70.2 Å². The minimum atomic E-state index is 0. The molecule has 1 aliphatic rings. The number of halogens is 2. The third-order valence-corrected chi connectivity index (χ3v) is 4.53. The number of hydrogen-bond donors (Lipinski definition) is 1. The molecule has 23 heavy (non-hydrogen) atoms. The zero-order valence-electron chi connectivity index (χ0n) is 13.0. The molecule has 1 saturated heterocycles. The molecule has 1 N–H and O–H groups in total. The first-order chi connectivity index (χ1) is 10.8. The van der Waals surface area contributed by atoms with Crippen LogP contribution >= 0.6 is 28.3 Å². The standard InChI is InChI=1S/C19H21BrN2.ClH/c20-17-12-10-16(11-13-17)19(15-7-3-1-4-8-15)22-18-9-5-2-6-14-21-18;/h1,3-4,7-8,10-13,19H,2,5-6,9,14H2,(H,21,22);1H. The summed E-state index contributed by atoms with van der Waals surface area (Å²) >= 11 is 3.51. The molecule has 0 radical (unpaired) electrons. The number of nitrogens with zero attached hydrogens (tertiary/aromatic N) is 1. The van der Waals surface area contributed by atoms with E-state index >= 15 is 0 Å². The fourth-order valence-electron chi connectivity index (χ4n) is 2.80. The Morgan fingerprint density at radius 3 is 2.30 bits per heavy atom. The predicted molar refractivity (Wildman–Crippen MR) is 104 cm³/mol. The molecular weight excluding hydrogens is 372 g/mol. The van der Waals surface area contributed by atoms with Crippen molar-refractivity contribution in [2.45, 2.75) is 31.7 Å². The van der Waals surface area contributed by atoms with Crippen molar-refractivity contribution < 1.29 is 0 Å². The normalized spacial score (nSPS) is 17.7. The largest absolute Gasteiger partial charge is 0.374 e. The molecule has 4 heteroatoms. The maximum atomic E-state index is 5.06. The lowest BCUT2D eigenvalue weighted by Crippen LogP contribution is -2.23. The first-order valence-electron chi connectivity index (χ1n) is 7.94. The van der Waals surface area contributed by atoms with Gasteiger partial charge in [-0.1, -0.05) is 64.8 Å². The molecule has 1 atom stereocenters. The van der Waals surface area contributed by atoms with Gasteiger partial charge in [0, 0.05) is 17.4 Å². The van der Waals surface area contributed by atoms with E-state index in [-0.39, 0.29) is 18.4 Å². The van der Waals surface area contributed by atoms with Crippen LogP contribution in [0, 0.1) is 0 Å². The van der Waals surface area contributed by atoms with E-state index in [9.17, 15) is 0 Å². The predicted octanol–water partition coefficient (Wildman–Crippen LogP) is 5.52. The average molecular weight is 394 g/mol. The Kier molecular flexibility index (Phi) is 7.13. The van der Waals surface area contributed by atoms with Gasteiger partial charge < -0.3 is 5.32 Å². The second kappa shape index (κ2) is 9.09. The summed E-state index contributed by atoms with van der Waals surface area (Å²) < 4.78 is 1.10. The zero-order valence-corrected chi connectivity index (χ0v) is 15.4. The van der Waals surface area contributed by atoms with Gasteiger partial charge in [-0.3, -0.25) is 4.99 Å². The van der Waals surface area contributed by atoms with Crippen molar-refractivity contribution >= 4 is 34.2 Å². The second-order valence-electron chi connectivity index (χ2n) is 5.68. The fraction of sp³-hybridized carbons (Fsp3) is 0.316. The van der Waals surface area contributed by atoms with Crippen LogP contribution in [0.25, 0.3) is 0 Å². The van der Waals surface area contributed by atoms with Gasteiger partial charge in [0.2, 0.25) is 0 Å². The molecule has 0 amide bonds. The molecule has 1 heterocycles. The highest BCUT2D eigenvalue weighted by atomic mass is 79.9. The monoisotopic (exact) mass is 392 g/mol. The molecule has 0 bridgehead atoms. The minimum absolute atomic E-state index is 0. The van der Waals surface area contributed by atoms with Crippen molar-refractivity contribution in [2.75, 3.05) is 6.54 Å². The van der Waals surface area contributed by atoms with Crippen LogP contribution in [-0.2, 0) is 0 Å². The number of nitrogens with one attached hydrogen (secondary N) is 1. The first kappa shape index (κ1) is 18.0. The van der Waals surface area contributed by atoms with Crippen LogP contribution in [0.5, 0.6) is 0 Å². The summed E-state index contributed by atoms with van der Waals surface area (Å²) in [5.41, 5.74) is 2.47. The lowest BCUT2D eigenvalue weighted by atomic mass is 9.99. The molecule has 1 unspecified atom stereocenters. The third kappa shape index (κ3) is 5.08. The van der Waals surface area contributed by atoms with Crippen LogP contribution in [0.2, 0.25) is 0 Å². The Morgan fingerprint density at radius 1 is 0.870 bits per heavy atom. The van der Waals surface area contributed by atoms with E-state index in [1.807, 2.05) is 0 Å². The van der Waals surface area contributed by atoms with Gasteiger partial charge in [-0.25, -0.2) is 0 Å². The Labute approximate surface area is 153 Å². The number of benzene rings is 2. The quantitative estimate of drug-likeness (QED) is 0.729. The van der Waals surface area contributed by atoms with Gasteiger partial charge in [-0.05, 0) is 36.1 Å². The summed E-state index contributed by atoms with van der Waals surface area (Å²) in [5, 5.41) is 3.50. The Morgan fingerprint density at radius 2 is 1.57 bits per heavy atom. The molecule has 0 spiro atoms. The topological polar surface area (TPSA) is 24.4 Å². The molecular formula is C19H22BrClN2. The fourth-order valence-corrected chi connectivity index (χ4v) is 3.07. The highest BCUT2D eigenvalue weighted by Gasteiger charge is 2.15. The van der Waals surface area contributed by atoms with Crippen LogP contribution in [0.3, 0.4) is 0 Å². The molecule has 0 saturated carbocycles. The maximum Gasteiger partial charge on any atom is 0.102 e. The van der Waals surface area contributed by atoms with Crippen molar-refractivity contribution in [1.29, 1.82) is 0 Å². The molecule has 3 rings (SSSR count). The molecule has 2 aromatic carbocycles. The van der Waals surface area contributed by atoms with Crippen LogP contribution in [0.15, 0.2) is 64.1 Å². The maximum absolute atomic E-state index is 5.06. The van der Waals surface area contributed by atoms with E-state index in [1.54, 1.807) is 0 Å². The molecule has 1 aliphatic heterocycles. The van der Waals surface area contributed by atoms with Crippen LogP contribution in [0.4, 0.5) is 0 Å². The number of amidine groups is 1. The number of hydrogen-bond acceptors (Lipinski definition) is 1. The molecule has 2 aromatic rings. The first-order valence-corrected chi connectivity index (χ1v) is 8.73. The highest BCUT2D eigenvalue weighted by molar-refractivity contribution is 9.10. The van der Waals surface area contributed by atoms with Crippen molar-refractivity contribution in [3.63, 3.8) is 0 Å². The molecule has 1 fully saturated rings. The van der Waals surface area contributed by atoms with E-state index in [0.29, 0.717) is 0 Å². The smallest absolute Gasteiger partial charge is 0.102 e. The van der Waals surface area contributed by atoms with Crippen molar-refractivity contribution in [2.24, 2.45) is 4.99 Å². The zero-order chi connectivity index (χ0) is 15.2. The summed E-state index contributed by atoms with van der Waals surface area (Å²) in [6.07, 6.45) is 4.82. The Balaban J connectivity index is 0.00000192. The van der Waals surface area contributed by atoms with Gasteiger partial charge in [0.25, 0.3) is 0 Å². The van der Waals surface area contributed by atoms with Gasteiger partial charge in [0.1, 0.15) is 6.04 Å².